The smallest absolute Gasteiger partial charge is 0.216 e. The van der Waals surface area contributed by atoms with Crippen molar-refractivity contribution in [1.29, 1.82) is 0 Å². The molecular weight excluding hydrogens is 244 g/mol. The molecule has 0 spiro atoms. The van der Waals surface area contributed by atoms with Gasteiger partial charge in [-0.3, -0.25) is 4.79 Å². The number of aromatic nitrogens is 2. The zero-order chi connectivity index (χ0) is 13.7. The lowest BCUT2D eigenvalue weighted by Crippen LogP contribution is -2.05. The van der Waals surface area contributed by atoms with Gasteiger partial charge in [-0.2, -0.15) is 0 Å². The van der Waals surface area contributed by atoms with Crippen molar-refractivity contribution in [3.63, 3.8) is 0 Å². The van der Waals surface area contributed by atoms with Crippen LogP contribution in [0.2, 0.25) is 0 Å². The molecule has 0 aliphatic carbocycles. The Hall–Kier alpha value is -2.43. The van der Waals surface area contributed by atoms with Crippen molar-refractivity contribution >= 4 is 5.78 Å². The van der Waals surface area contributed by atoms with Crippen molar-refractivity contribution in [2.45, 2.75) is 6.92 Å². The van der Waals surface area contributed by atoms with E-state index in [0.29, 0.717) is 29.5 Å². The van der Waals surface area contributed by atoms with Gasteiger partial charge in [-0.25, -0.2) is 9.97 Å². The van der Waals surface area contributed by atoms with Gasteiger partial charge in [-0.1, -0.05) is 12.1 Å². The van der Waals surface area contributed by atoms with E-state index in [4.69, 9.17) is 9.47 Å². The van der Waals surface area contributed by atoms with Gasteiger partial charge >= 0.3 is 0 Å². The SMILES string of the molecule is CCOc1cccc(C(=O)c2cc(OC)ncn2)c1. The van der Waals surface area contributed by atoms with Crippen LogP contribution < -0.4 is 9.47 Å². The van der Waals surface area contributed by atoms with Crippen LogP contribution >= 0.6 is 0 Å². The molecule has 0 amide bonds. The number of ketones is 1. The van der Waals surface area contributed by atoms with Gasteiger partial charge in [0.25, 0.3) is 0 Å². The Morgan fingerprint density at radius 2 is 2.11 bits per heavy atom. The summed E-state index contributed by atoms with van der Waals surface area (Å²) in [4.78, 5) is 20.1. The van der Waals surface area contributed by atoms with Gasteiger partial charge in [0.05, 0.1) is 13.7 Å². The fraction of sp³-hybridized carbons (Fsp3) is 0.214. The molecule has 0 unspecified atom stereocenters. The summed E-state index contributed by atoms with van der Waals surface area (Å²) in [5.41, 5.74) is 0.812. The standard InChI is InChI=1S/C14H14N2O3/c1-3-19-11-6-4-5-10(7-11)14(17)12-8-13(18-2)16-9-15-12/h4-9H,3H2,1-2H3. The Morgan fingerprint density at radius 3 is 2.84 bits per heavy atom. The summed E-state index contributed by atoms with van der Waals surface area (Å²) in [6, 6.07) is 8.51. The van der Waals surface area contributed by atoms with E-state index >= 15 is 0 Å². The van der Waals surface area contributed by atoms with Crippen LogP contribution in [-0.4, -0.2) is 29.5 Å². The zero-order valence-corrected chi connectivity index (χ0v) is 10.8. The Balaban J connectivity index is 2.30. The molecular formula is C14H14N2O3. The monoisotopic (exact) mass is 258 g/mol. The molecule has 98 valence electrons. The first kappa shape index (κ1) is 13.0. The number of hydrogen-bond acceptors (Lipinski definition) is 5. The molecule has 0 atom stereocenters. The van der Waals surface area contributed by atoms with E-state index in [1.165, 1.54) is 19.5 Å². The molecule has 0 aliphatic rings. The molecule has 1 aromatic heterocycles. The van der Waals surface area contributed by atoms with E-state index in [9.17, 15) is 4.79 Å². The van der Waals surface area contributed by atoms with Gasteiger partial charge in [-0.15, -0.1) is 0 Å². The third-order valence-corrected chi connectivity index (χ3v) is 2.49. The summed E-state index contributed by atoms with van der Waals surface area (Å²) in [5.74, 6) is 0.830. The van der Waals surface area contributed by atoms with E-state index < -0.39 is 0 Å². The minimum absolute atomic E-state index is 0.192. The van der Waals surface area contributed by atoms with E-state index in [2.05, 4.69) is 9.97 Å². The highest BCUT2D eigenvalue weighted by molar-refractivity contribution is 6.07. The average Bonchev–Trinajstić information content (AvgIpc) is 2.47. The van der Waals surface area contributed by atoms with Crippen LogP contribution in [0.5, 0.6) is 11.6 Å². The van der Waals surface area contributed by atoms with Crippen LogP contribution in [0.4, 0.5) is 0 Å². The number of rotatable bonds is 5. The Kier molecular flexibility index (Phi) is 4.07. The lowest BCUT2D eigenvalue weighted by molar-refractivity contribution is 0.103. The Labute approximate surface area is 111 Å². The predicted octanol–water partition coefficient (Wildman–Crippen LogP) is 2.11. The van der Waals surface area contributed by atoms with E-state index in [1.807, 2.05) is 6.92 Å². The topological polar surface area (TPSA) is 61.3 Å². The van der Waals surface area contributed by atoms with Crippen LogP contribution in [0.25, 0.3) is 0 Å². The van der Waals surface area contributed by atoms with Crippen molar-refractivity contribution in [3.05, 3.63) is 47.9 Å². The van der Waals surface area contributed by atoms with Gasteiger partial charge in [-0.05, 0) is 19.1 Å². The number of carbonyl (C=O) groups is 1. The molecule has 5 heteroatoms. The average molecular weight is 258 g/mol. The predicted molar refractivity (Wildman–Crippen MR) is 69.6 cm³/mol. The largest absolute Gasteiger partial charge is 0.494 e. The van der Waals surface area contributed by atoms with Crippen molar-refractivity contribution in [1.82, 2.24) is 9.97 Å². The highest BCUT2D eigenvalue weighted by Crippen LogP contribution is 2.17. The van der Waals surface area contributed by atoms with Crippen molar-refractivity contribution < 1.29 is 14.3 Å². The van der Waals surface area contributed by atoms with Gasteiger partial charge in [0.1, 0.15) is 17.8 Å². The minimum Gasteiger partial charge on any atom is -0.494 e. The molecule has 0 saturated heterocycles. The summed E-state index contributed by atoms with van der Waals surface area (Å²) in [7, 11) is 1.49. The summed E-state index contributed by atoms with van der Waals surface area (Å²) in [6.45, 7) is 2.45. The second kappa shape index (κ2) is 5.95. The number of benzene rings is 1. The van der Waals surface area contributed by atoms with Crippen LogP contribution in [0.15, 0.2) is 36.7 Å². The van der Waals surface area contributed by atoms with Crippen LogP contribution in [0, 0.1) is 0 Å². The van der Waals surface area contributed by atoms with Crippen molar-refractivity contribution in [2.24, 2.45) is 0 Å². The molecule has 0 fully saturated rings. The van der Waals surface area contributed by atoms with Crippen LogP contribution in [-0.2, 0) is 0 Å². The third kappa shape index (κ3) is 3.07. The Morgan fingerprint density at radius 1 is 1.26 bits per heavy atom. The normalized spacial score (nSPS) is 10.0. The summed E-state index contributed by atoms with van der Waals surface area (Å²) in [6.07, 6.45) is 1.30. The van der Waals surface area contributed by atoms with E-state index in [-0.39, 0.29) is 5.78 Å². The number of nitrogens with zero attached hydrogens (tertiary/aromatic N) is 2. The molecule has 0 aliphatic heterocycles. The molecule has 2 rings (SSSR count). The molecule has 1 heterocycles. The van der Waals surface area contributed by atoms with Crippen LogP contribution in [0.1, 0.15) is 23.0 Å². The molecule has 0 saturated carbocycles. The number of ether oxygens (including phenoxy) is 2. The highest BCUT2D eigenvalue weighted by atomic mass is 16.5. The fourth-order valence-electron chi connectivity index (χ4n) is 1.62. The maximum atomic E-state index is 12.3. The maximum absolute atomic E-state index is 12.3. The van der Waals surface area contributed by atoms with E-state index in [0.717, 1.165) is 0 Å². The first-order valence-corrected chi connectivity index (χ1v) is 5.88. The zero-order valence-electron chi connectivity index (χ0n) is 10.8. The fourth-order valence-corrected chi connectivity index (χ4v) is 1.62. The van der Waals surface area contributed by atoms with Gasteiger partial charge in [0, 0.05) is 11.6 Å². The first-order chi connectivity index (χ1) is 9.24. The number of hydrogen-bond donors (Lipinski definition) is 0. The first-order valence-electron chi connectivity index (χ1n) is 5.88. The highest BCUT2D eigenvalue weighted by Gasteiger charge is 2.12. The molecule has 2 aromatic rings. The quantitative estimate of drug-likeness (QED) is 0.769. The number of methoxy groups -OCH3 is 1. The lowest BCUT2D eigenvalue weighted by atomic mass is 10.1. The van der Waals surface area contributed by atoms with E-state index in [1.54, 1.807) is 24.3 Å². The minimum atomic E-state index is -0.192. The second-order valence-electron chi connectivity index (χ2n) is 3.74. The molecule has 0 N–H and O–H groups in total. The summed E-state index contributed by atoms with van der Waals surface area (Å²) in [5, 5.41) is 0. The summed E-state index contributed by atoms with van der Waals surface area (Å²) < 4.78 is 10.3. The molecule has 1 aromatic carbocycles. The molecule has 0 radical (unpaired) electrons. The van der Waals surface area contributed by atoms with Gasteiger partial charge in [0.2, 0.25) is 11.7 Å². The molecule has 5 nitrogen and oxygen atoms in total. The van der Waals surface area contributed by atoms with Gasteiger partial charge in [0.15, 0.2) is 0 Å². The maximum Gasteiger partial charge on any atom is 0.216 e. The molecule has 0 bridgehead atoms. The van der Waals surface area contributed by atoms with Crippen LogP contribution in [0.3, 0.4) is 0 Å². The number of carbonyl (C=O) groups excluding carboxylic acids is 1. The summed E-state index contributed by atoms with van der Waals surface area (Å²) >= 11 is 0. The third-order valence-electron chi connectivity index (χ3n) is 2.49. The van der Waals surface area contributed by atoms with Crippen molar-refractivity contribution in [3.8, 4) is 11.6 Å². The van der Waals surface area contributed by atoms with Gasteiger partial charge < -0.3 is 9.47 Å². The second-order valence-corrected chi connectivity index (χ2v) is 3.74. The lowest BCUT2D eigenvalue weighted by Gasteiger charge is -2.05. The molecule has 19 heavy (non-hydrogen) atoms. The Bertz CT molecular complexity index is 584. The van der Waals surface area contributed by atoms with Crippen molar-refractivity contribution in [2.75, 3.05) is 13.7 Å².